The average molecular weight is 306 g/mol. The van der Waals surface area contributed by atoms with Gasteiger partial charge in [0, 0.05) is 10.8 Å². The van der Waals surface area contributed by atoms with Crippen LogP contribution in [0.3, 0.4) is 0 Å². The number of hydrogen-bond donors (Lipinski definition) is 1. The molecule has 1 aromatic rings. The Balaban J connectivity index is 2.66. The standard InChI is InChI=1S/C12H17BrFNS/c1-8(15-16-12(2,3)4)9-5-6-10(13)11(14)7-9/h5-8,15H,1-4H3. The summed E-state index contributed by atoms with van der Waals surface area (Å²) in [6, 6.07) is 5.36. The second-order valence-electron chi connectivity index (χ2n) is 4.73. The van der Waals surface area contributed by atoms with Gasteiger partial charge in [0.15, 0.2) is 0 Å². The van der Waals surface area contributed by atoms with Gasteiger partial charge in [-0.1, -0.05) is 18.0 Å². The van der Waals surface area contributed by atoms with Crippen LogP contribution in [0.5, 0.6) is 0 Å². The highest BCUT2D eigenvalue weighted by Gasteiger charge is 2.14. The van der Waals surface area contributed by atoms with Crippen molar-refractivity contribution < 1.29 is 4.39 Å². The Bertz CT molecular complexity index is 363. The minimum absolute atomic E-state index is 0.131. The Morgan fingerprint density at radius 3 is 2.50 bits per heavy atom. The SMILES string of the molecule is CC(NSC(C)(C)C)c1ccc(Br)c(F)c1. The van der Waals surface area contributed by atoms with E-state index in [1.54, 1.807) is 24.1 Å². The van der Waals surface area contributed by atoms with Crippen LogP contribution in [0.15, 0.2) is 22.7 Å². The van der Waals surface area contributed by atoms with Crippen molar-refractivity contribution >= 4 is 27.9 Å². The summed E-state index contributed by atoms with van der Waals surface area (Å²) in [7, 11) is 0. The molecule has 0 spiro atoms. The van der Waals surface area contributed by atoms with Crippen LogP contribution in [-0.2, 0) is 0 Å². The van der Waals surface area contributed by atoms with Crippen molar-refractivity contribution in [1.82, 2.24) is 4.72 Å². The van der Waals surface area contributed by atoms with Crippen LogP contribution in [0.2, 0.25) is 0 Å². The lowest BCUT2D eigenvalue weighted by molar-refractivity contribution is 0.613. The molecule has 1 unspecified atom stereocenters. The summed E-state index contributed by atoms with van der Waals surface area (Å²) >= 11 is 4.81. The monoisotopic (exact) mass is 305 g/mol. The van der Waals surface area contributed by atoms with Gasteiger partial charge in [0.25, 0.3) is 0 Å². The molecule has 0 amide bonds. The van der Waals surface area contributed by atoms with E-state index in [0.717, 1.165) is 5.56 Å². The molecule has 0 aliphatic heterocycles. The molecule has 0 radical (unpaired) electrons. The van der Waals surface area contributed by atoms with Crippen molar-refractivity contribution in [2.45, 2.75) is 38.5 Å². The molecule has 1 nitrogen and oxygen atoms in total. The molecule has 4 heteroatoms. The summed E-state index contributed by atoms with van der Waals surface area (Å²) in [6.07, 6.45) is 0. The molecule has 0 saturated carbocycles. The molecule has 0 bridgehead atoms. The molecule has 0 heterocycles. The van der Waals surface area contributed by atoms with E-state index >= 15 is 0 Å². The number of benzene rings is 1. The third-order valence-electron chi connectivity index (χ3n) is 1.99. The van der Waals surface area contributed by atoms with E-state index in [0.29, 0.717) is 4.47 Å². The van der Waals surface area contributed by atoms with Gasteiger partial charge in [-0.2, -0.15) is 0 Å². The summed E-state index contributed by atoms with van der Waals surface area (Å²) < 4.78 is 17.3. The first-order chi connectivity index (χ1) is 7.29. The predicted octanol–water partition coefficient (Wildman–Crippen LogP) is 4.69. The molecule has 0 fully saturated rings. The van der Waals surface area contributed by atoms with Gasteiger partial charge in [0.2, 0.25) is 0 Å². The quantitative estimate of drug-likeness (QED) is 0.813. The van der Waals surface area contributed by atoms with Crippen LogP contribution < -0.4 is 4.72 Å². The Kier molecular flexibility index (Phi) is 4.83. The summed E-state index contributed by atoms with van der Waals surface area (Å²) in [5, 5.41) is 0. The lowest BCUT2D eigenvalue weighted by Crippen LogP contribution is -2.19. The van der Waals surface area contributed by atoms with Crippen LogP contribution in [0, 0.1) is 5.82 Å². The van der Waals surface area contributed by atoms with Crippen molar-refractivity contribution in [3.8, 4) is 0 Å². The molecule has 0 aliphatic rings. The van der Waals surface area contributed by atoms with Crippen molar-refractivity contribution in [3.05, 3.63) is 34.1 Å². The van der Waals surface area contributed by atoms with E-state index in [1.165, 1.54) is 0 Å². The maximum atomic E-state index is 13.3. The lowest BCUT2D eigenvalue weighted by Gasteiger charge is -2.22. The number of halogens is 2. The van der Waals surface area contributed by atoms with Gasteiger partial charge in [-0.15, -0.1) is 0 Å². The van der Waals surface area contributed by atoms with Crippen LogP contribution in [-0.4, -0.2) is 4.75 Å². The Morgan fingerprint density at radius 2 is 2.00 bits per heavy atom. The number of nitrogens with one attached hydrogen (secondary N) is 1. The van der Waals surface area contributed by atoms with Crippen LogP contribution >= 0.6 is 27.9 Å². The van der Waals surface area contributed by atoms with Crippen molar-refractivity contribution in [1.29, 1.82) is 0 Å². The van der Waals surface area contributed by atoms with E-state index in [9.17, 15) is 4.39 Å². The smallest absolute Gasteiger partial charge is 0.137 e. The molecule has 90 valence electrons. The van der Waals surface area contributed by atoms with Crippen molar-refractivity contribution in [3.63, 3.8) is 0 Å². The highest BCUT2D eigenvalue weighted by molar-refractivity contribution is 9.10. The maximum Gasteiger partial charge on any atom is 0.137 e. The molecule has 1 aromatic carbocycles. The number of hydrogen-bond acceptors (Lipinski definition) is 2. The zero-order valence-corrected chi connectivity index (χ0v) is 12.4. The summed E-state index contributed by atoms with van der Waals surface area (Å²) in [4.78, 5) is 0. The lowest BCUT2D eigenvalue weighted by atomic mass is 10.1. The molecule has 0 saturated heterocycles. The first-order valence-electron chi connectivity index (χ1n) is 5.18. The Morgan fingerprint density at radius 1 is 1.38 bits per heavy atom. The summed E-state index contributed by atoms with van der Waals surface area (Å²) in [5.41, 5.74) is 0.956. The topological polar surface area (TPSA) is 12.0 Å². The molecular weight excluding hydrogens is 289 g/mol. The van der Waals surface area contributed by atoms with Gasteiger partial charge in [-0.05, 0) is 61.3 Å². The second kappa shape index (κ2) is 5.52. The fraction of sp³-hybridized carbons (Fsp3) is 0.500. The van der Waals surface area contributed by atoms with Crippen molar-refractivity contribution in [2.75, 3.05) is 0 Å². The van der Waals surface area contributed by atoms with Gasteiger partial charge in [0.05, 0.1) is 4.47 Å². The normalized spacial score (nSPS) is 13.9. The van der Waals surface area contributed by atoms with E-state index in [4.69, 9.17) is 0 Å². The molecule has 0 aromatic heterocycles. The van der Waals surface area contributed by atoms with E-state index in [2.05, 4.69) is 41.4 Å². The van der Waals surface area contributed by atoms with E-state index in [1.807, 2.05) is 13.0 Å². The maximum absolute atomic E-state index is 13.3. The first kappa shape index (κ1) is 14.0. The largest absolute Gasteiger partial charge is 0.256 e. The van der Waals surface area contributed by atoms with Crippen LogP contribution in [0.4, 0.5) is 4.39 Å². The zero-order valence-electron chi connectivity index (χ0n) is 9.97. The van der Waals surface area contributed by atoms with Crippen molar-refractivity contribution in [2.24, 2.45) is 0 Å². The zero-order chi connectivity index (χ0) is 12.3. The third kappa shape index (κ3) is 4.44. The minimum Gasteiger partial charge on any atom is -0.256 e. The fourth-order valence-corrected chi connectivity index (χ4v) is 2.03. The van der Waals surface area contributed by atoms with Gasteiger partial charge < -0.3 is 0 Å². The molecular formula is C12H17BrFNS. The molecule has 16 heavy (non-hydrogen) atoms. The van der Waals surface area contributed by atoms with E-state index < -0.39 is 0 Å². The minimum atomic E-state index is -0.216. The van der Waals surface area contributed by atoms with Gasteiger partial charge in [-0.3, -0.25) is 4.72 Å². The average Bonchev–Trinajstić information content (AvgIpc) is 2.17. The van der Waals surface area contributed by atoms with Crippen LogP contribution in [0.25, 0.3) is 0 Å². The Labute approximate surface area is 109 Å². The molecule has 0 aliphatic carbocycles. The first-order valence-corrected chi connectivity index (χ1v) is 6.79. The summed E-state index contributed by atoms with van der Waals surface area (Å²) in [5.74, 6) is -0.216. The van der Waals surface area contributed by atoms with Crippen LogP contribution in [0.1, 0.15) is 39.3 Å². The highest BCUT2D eigenvalue weighted by Crippen LogP contribution is 2.26. The molecule has 1 rings (SSSR count). The Hall–Kier alpha value is -0.0600. The van der Waals surface area contributed by atoms with Gasteiger partial charge in [-0.25, -0.2) is 4.39 Å². The van der Waals surface area contributed by atoms with Gasteiger partial charge in [0.1, 0.15) is 5.82 Å². The van der Waals surface area contributed by atoms with Gasteiger partial charge >= 0.3 is 0 Å². The number of rotatable bonds is 3. The third-order valence-corrected chi connectivity index (χ3v) is 3.71. The van der Waals surface area contributed by atoms with E-state index in [-0.39, 0.29) is 16.6 Å². The molecule has 1 N–H and O–H groups in total. The summed E-state index contributed by atoms with van der Waals surface area (Å²) in [6.45, 7) is 8.44. The molecule has 1 atom stereocenters. The highest BCUT2D eigenvalue weighted by atomic mass is 79.9. The predicted molar refractivity (Wildman–Crippen MR) is 73.0 cm³/mol. The second-order valence-corrected chi connectivity index (χ2v) is 7.25. The fourth-order valence-electron chi connectivity index (χ4n) is 1.11.